The number of nitrogens with one attached hydrogen (secondary N) is 3. The van der Waals surface area contributed by atoms with Gasteiger partial charge in [-0.15, -0.1) is 0 Å². The molecule has 2 aromatic rings. The van der Waals surface area contributed by atoms with Crippen molar-refractivity contribution in [2.75, 3.05) is 18.4 Å². The summed E-state index contributed by atoms with van der Waals surface area (Å²) in [6.45, 7) is 3.67. The molecule has 1 unspecified atom stereocenters. The van der Waals surface area contributed by atoms with Crippen LogP contribution in [0.4, 0.5) is 11.5 Å². The standard InChI is InChI=1S/C22H27N5O6.Na/c1-14-7-9-24-19(10-14)23-8-3-4-20(28)25-13-21(29)26-17(12-22(30)31)16-6-5-15(2)18(11-16)27(32)33;/h5-7,9-11,17H,3-4,8,12-13H2,1-2H3,(H,23,24)(H,25,28)(H,26,29)(H,30,31);/q;+1/p-1. The predicted molar refractivity (Wildman–Crippen MR) is 118 cm³/mol. The van der Waals surface area contributed by atoms with E-state index in [0.717, 1.165) is 5.56 Å². The van der Waals surface area contributed by atoms with Gasteiger partial charge in [0.1, 0.15) is 5.82 Å². The van der Waals surface area contributed by atoms with Gasteiger partial charge < -0.3 is 25.9 Å². The van der Waals surface area contributed by atoms with E-state index >= 15 is 0 Å². The minimum Gasteiger partial charge on any atom is -0.550 e. The molecule has 0 aliphatic carbocycles. The summed E-state index contributed by atoms with van der Waals surface area (Å²) in [6, 6.07) is 6.93. The number of amides is 2. The van der Waals surface area contributed by atoms with Crippen LogP contribution >= 0.6 is 0 Å². The molecule has 3 N–H and O–H groups in total. The number of nitro benzene ring substituents is 1. The Labute approximate surface area is 219 Å². The summed E-state index contributed by atoms with van der Waals surface area (Å²) < 4.78 is 0. The summed E-state index contributed by atoms with van der Waals surface area (Å²) in [6.07, 6.45) is 1.81. The zero-order valence-electron chi connectivity index (χ0n) is 19.4. The van der Waals surface area contributed by atoms with Crippen LogP contribution in [0.2, 0.25) is 0 Å². The van der Waals surface area contributed by atoms with Crippen LogP contribution in [0.5, 0.6) is 0 Å². The fraction of sp³-hybridized carbons (Fsp3) is 0.364. The topological polar surface area (TPSA) is 166 Å². The number of hydrogen-bond donors (Lipinski definition) is 3. The Morgan fingerprint density at radius 1 is 1.12 bits per heavy atom. The zero-order valence-corrected chi connectivity index (χ0v) is 21.4. The SMILES string of the molecule is Cc1ccnc(NCCCC(=O)NCC(=O)NC(CC(=O)[O-])c2ccc(C)c([N+](=O)[O-])c2)c1.[Na+]. The van der Waals surface area contributed by atoms with Crippen molar-refractivity contribution in [2.24, 2.45) is 0 Å². The van der Waals surface area contributed by atoms with E-state index in [4.69, 9.17) is 0 Å². The van der Waals surface area contributed by atoms with Crippen molar-refractivity contribution in [3.8, 4) is 0 Å². The summed E-state index contributed by atoms with van der Waals surface area (Å²) in [5, 5.41) is 30.3. The van der Waals surface area contributed by atoms with Gasteiger partial charge in [-0.2, -0.15) is 0 Å². The summed E-state index contributed by atoms with van der Waals surface area (Å²) in [4.78, 5) is 50.1. The average molecular weight is 479 g/mol. The van der Waals surface area contributed by atoms with Crippen molar-refractivity contribution in [2.45, 2.75) is 39.2 Å². The van der Waals surface area contributed by atoms with E-state index in [1.165, 1.54) is 18.2 Å². The fourth-order valence-corrected chi connectivity index (χ4v) is 3.07. The normalized spacial score (nSPS) is 11.0. The van der Waals surface area contributed by atoms with Crippen molar-refractivity contribution in [1.82, 2.24) is 15.6 Å². The van der Waals surface area contributed by atoms with E-state index in [-0.39, 0.29) is 59.7 Å². The van der Waals surface area contributed by atoms with Gasteiger partial charge in [0.25, 0.3) is 5.69 Å². The van der Waals surface area contributed by atoms with Gasteiger partial charge in [-0.3, -0.25) is 19.7 Å². The second kappa shape index (κ2) is 14.3. The molecule has 0 aliphatic heterocycles. The number of benzene rings is 1. The van der Waals surface area contributed by atoms with Crippen LogP contribution in [0, 0.1) is 24.0 Å². The number of nitro groups is 1. The quantitative estimate of drug-likeness (QED) is 0.135. The predicted octanol–water partition coefficient (Wildman–Crippen LogP) is -2.08. The molecule has 0 radical (unpaired) electrons. The summed E-state index contributed by atoms with van der Waals surface area (Å²) in [5.41, 5.74) is 1.54. The van der Waals surface area contributed by atoms with Crippen molar-refractivity contribution < 1.29 is 54.0 Å². The molecule has 0 spiro atoms. The molecule has 0 bridgehead atoms. The maximum absolute atomic E-state index is 12.3. The third kappa shape index (κ3) is 9.86. The van der Waals surface area contributed by atoms with E-state index in [9.17, 15) is 29.6 Å². The van der Waals surface area contributed by atoms with E-state index in [2.05, 4.69) is 20.9 Å². The molecular weight excluding hydrogens is 453 g/mol. The van der Waals surface area contributed by atoms with Gasteiger partial charge in [0.15, 0.2) is 0 Å². The Morgan fingerprint density at radius 2 is 1.85 bits per heavy atom. The minimum absolute atomic E-state index is 0. The number of rotatable bonds is 12. The molecule has 34 heavy (non-hydrogen) atoms. The Bertz CT molecular complexity index is 1030. The first-order valence-electron chi connectivity index (χ1n) is 10.3. The molecule has 0 fully saturated rings. The van der Waals surface area contributed by atoms with Gasteiger partial charge in [-0.25, -0.2) is 4.98 Å². The second-order valence-electron chi connectivity index (χ2n) is 7.52. The Hall–Kier alpha value is -3.02. The summed E-state index contributed by atoms with van der Waals surface area (Å²) in [7, 11) is 0. The van der Waals surface area contributed by atoms with Gasteiger partial charge in [-0.05, 0) is 43.5 Å². The van der Waals surface area contributed by atoms with Crippen LogP contribution in [0.15, 0.2) is 36.5 Å². The van der Waals surface area contributed by atoms with Gasteiger partial charge in [0.2, 0.25) is 11.8 Å². The number of carboxylic acid groups (broad SMARTS) is 1. The monoisotopic (exact) mass is 479 g/mol. The van der Waals surface area contributed by atoms with Crippen molar-refractivity contribution in [3.05, 3.63) is 63.3 Å². The molecule has 11 nitrogen and oxygen atoms in total. The van der Waals surface area contributed by atoms with E-state index in [1.54, 1.807) is 13.1 Å². The number of hydrogen-bond acceptors (Lipinski definition) is 8. The molecule has 2 amide bonds. The fourth-order valence-electron chi connectivity index (χ4n) is 3.07. The number of pyridine rings is 1. The van der Waals surface area contributed by atoms with E-state index in [1.807, 2.05) is 19.1 Å². The molecule has 2 rings (SSSR count). The maximum Gasteiger partial charge on any atom is 1.00 e. The number of carbonyl (C=O) groups excluding carboxylic acids is 3. The van der Waals surface area contributed by atoms with Crippen LogP contribution in [-0.2, 0) is 14.4 Å². The van der Waals surface area contributed by atoms with Crippen LogP contribution in [-0.4, -0.2) is 40.8 Å². The number of nitrogens with zero attached hydrogens (tertiary/aromatic N) is 2. The van der Waals surface area contributed by atoms with Gasteiger partial charge in [-0.1, -0.05) is 12.1 Å². The van der Waals surface area contributed by atoms with Crippen LogP contribution in [0.25, 0.3) is 0 Å². The molecule has 1 atom stereocenters. The molecule has 1 heterocycles. The number of aromatic nitrogens is 1. The van der Waals surface area contributed by atoms with Gasteiger partial charge in [0, 0.05) is 43.2 Å². The molecule has 0 saturated carbocycles. The molecule has 1 aromatic carbocycles. The van der Waals surface area contributed by atoms with Crippen molar-refractivity contribution >= 4 is 29.3 Å². The molecule has 12 heteroatoms. The molecule has 176 valence electrons. The van der Waals surface area contributed by atoms with Crippen LogP contribution in [0.3, 0.4) is 0 Å². The zero-order chi connectivity index (χ0) is 24.4. The van der Waals surface area contributed by atoms with Gasteiger partial charge in [0.05, 0.1) is 17.5 Å². The van der Waals surface area contributed by atoms with Crippen LogP contribution in [0.1, 0.15) is 42.0 Å². The maximum atomic E-state index is 12.3. The Balaban J connectivity index is 0.00000578. The van der Waals surface area contributed by atoms with Crippen LogP contribution < -0.4 is 50.6 Å². The molecule has 0 aliphatic rings. The smallest absolute Gasteiger partial charge is 0.550 e. The number of anilines is 1. The number of aryl methyl sites for hydroxylation is 2. The number of carbonyl (C=O) groups is 3. The van der Waals surface area contributed by atoms with Crippen molar-refractivity contribution in [1.29, 1.82) is 0 Å². The molecular formula is C22H26N5NaO6. The first-order chi connectivity index (χ1) is 15.7. The molecule has 0 saturated heterocycles. The largest absolute Gasteiger partial charge is 1.00 e. The second-order valence-corrected chi connectivity index (χ2v) is 7.52. The van der Waals surface area contributed by atoms with Gasteiger partial charge >= 0.3 is 29.6 Å². The van der Waals surface area contributed by atoms with E-state index < -0.39 is 29.3 Å². The third-order valence-corrected chi connectivity index (χ3v) is 4.79. The van der Waals surface area contributed by atoms with E-state index in [0.29, 0.717) is 24.3 Å². The third-order valence-electron chi connectivity index (χ3n) is 4.79. The van der Waals surface area contributed by atoms with Crippen molar-refractivity contribution in [3.63, 3.8) is 0 Å². The minimum atomic E-state index is -1.43. The summed E-state index contributed by atoms with van der Waals surface area (Å²) in [5.74, 6) is -1.68. The summed E-state index contributed by atoms with van der Waals surface area (Å²) >= 11 is 0. The Kier molecular flexibility index (Phi) is 12.2. The first-order valence-corrected chi connectivity index (χ1v) is 10.3. The molecule has 1 aromatic heterocycles. The average Bonchev–Trinajstić information content (AvgIpc) is 2.75. The first kappa shape index (κ1) is 29.0. The number of aliphatic carboxylic acids is 1. The Morgan fingerprint density at radius 3 is 2.50 bits per heavy atom. The number of carboxylic acids is 1.